The number of nitrogens with two attached hydrogens (primary N) is 1. The lowest BCUT2D eigenvalue weighted by atomic mass is 10.1. The van der Waals surface area contributed by atoms with Gasteiger partial charge in [-0.1, -0.05) is 0 Å². The summed E-state index contributed by atoms with van der Waals surface area (Å²) >= 11 is 0. The van der Waals surface area contributed by atoms with Gasteiger partial charge >= 0.3 is 0 Å². The number of rotatable bonds is 4. The Balaban J connectivity index is 2.63. The Morgan fingerprint density at radius 3 is 2.28 bits per heavy atom. The molecular weight excluding hydrogens is 228 g/mol. The van der Waals surface area contributed by atoms with Crippen LogP contribution in [0.1, 0.15) is 19.5 Å². The average molecular weight is 246 g/mol. The van der Waals surface area contributed by atoms with E-state index in [1.807, 2.05) is 39.0 Å². The molecule has 0 saturated carbocycles. The molecule has 4 nitrogen and oxygen atoms in total. The molecule has 96 valence electrons. The van der Waals surface area contributed by atoms with Crippen LogP contribution in [0.3, 0.4) is 0 Å². The van der Waals surface area contributed by atoms with Crippen LogP contribution in [0.25, 0.3) is 10.9 Å². The Kier molecular flexibility index (Phi) is 3.55. The Morgan fingerprint density at radius 2 is 1.67 bits per heavy atom. The highest BCUT2D eigenvalue weighted by Crippen LogP contribution is 2.34. The molecule has 0 radical (unpaired) electrons. The fourth-order valence-corrected chi connectivity index (χ4v) is 1.93. The molecule has 2 N–H and O–H groups in total. The van der Waals surface area contributed by atoms with Gasteiger partial charge < -0.3 is 15.2 Å². The fraction of sp³-hybridized carbons (Fsp3) is 0.357. The molecule has 0 aliphatic rings. The zero-order valence-electron chi connectivity index (χ0n) is 11.0. The van der Waals surface area contributed by atoms with Crippen LogP contribution in [-0.2, 0) is 0 Å². The van der Waals surface area contributed by atoms with Crippen molar-refractivity contribution >= 4 is 16.6 Å². The van der Waals surface area contributed by atoms with Gasteiger partial charge in [0.2, 0.25) is 0 Å². The molecule has 1 aromatic carbocycles. The summed E-state index contributed by atoms with van der Waals surface area (Å²) in [7, 11) is 0. The van der Waals surface area contributed by atoms with E-state index in [9.17, 15) is 0 Å². The van der Waals surface area contributed by atoms with Crippen LogP contribution in [-0.4, -0.2) is 18.2 Å². The molecule has 0 fully saturated rings. The first-order chi connectivity index (χ1) is 8.65. The fourth-order valence-electron chi connectivity index (χ4n) is 1.93. The minimum absolute atomic E-state index is 0.588. The van der Waals surface area contributed by atoms with E-state index in [2.05, 4.69) is 4.98 Å². The van der Waals surface area contributed by atoms with Gasteiger partial charge in [0.1, 0.15) is 0 Å². The molecule has 0 atom stereocenters. The van der Waals surface area contributed by atoms with E-state index < -0.39 is 0 Å². The van der Waals surface area contributed by atoms with Gasteiger partial charge in [0.05, 0.1) is 18.7 Å². The van der Waals surface area contributed by atoms with Gasteiger partial charge in [0.25, 0.3) is 0 Å². The maximum Gasteiger partial charge on any atom is 0.163 e. The molecule has 0 aliphatic carbocycles. The molecule has 0 saturated heterocycles. The van der Waals surface area contributed by atoms with Gasteiger partial charge in [-0.05, 0) is 32.9 Å². The SMILES string of the molecule is CCOc1cc2nc(C)cc(N)c2cc1OCC. The summed E-state index contributed by atoms with van der Waals surface area (Å²) in [4.78, 5) is 4.47. The third-order valence-corrected chi connectivity index (χ3v) is 2.63. The maximum atomic E-state index is 6.01. The van der Waals surface area contributed by atoms with E-state index in [1.54, 1.807) is 0 Å². The zero-order valence-corrected chi connectivity index (χ0v) is 11.0. The minimum atomic E-state index is 0.588. The summed E-state index contributed by atoms with van der Waals surface area (Å²) in [5.41, 5.74) is 8.45. The highest BCUT2D eigenvalue weighted by Gasteiger charge is 2.10. The first-order valence-corrected chi connectivity index (χ1v) is 6.12. The largest absolute Gasteiger partial charge is 0.490 e. The maximum absolute atomic E-state index is 6.01. The number of aryl methyl sites for hydroxylation is 1. The van der Waals surface area contributed by atoms with Crippen LogP contribution >= 0.6 is 0 Å². The first-order valence-electron chi connectivity index (χ1n) is 6.12. The summed E-state index contributed by atoms with van der Waals surface area (Å²) in [5, 5.41) is 0.896. The van der Waals surface area contributed by atoms with Crippen LogP contribution in [0.15, 0.2) is 18.2 Å². The van der Waals surface area contributed by atoms with Crippen molar-refractivity contribution in [1.82, 2.24) is 4.98 Å². The molecule has 2 aromatic rings. The smallest absolute Gasteiger partial charge is 0.163 e. The summed E-state index contributed by atoms with van der Waals surface area (Å²) < 4.78 is 11.1. The third-order valence-electron chi connectivity index (χ3n) is 2.63. The molecule has 1 aromatic heterocycles. The quantitative estimate of drug-likeness (QED) is 0.901. The highest BCUT2D eigenvalue weighted by molar-refractivity contribution is 5.92. The second-order valence-corrected chi connectivity index (χ2v) is 4.03. The molecule has 18 heavy (non-hydrogen) atoms. The topological polar surface area (TPSA) is 57.4 Å². The summed E-state index contributed by atoms with van der Waals surface area (Å²) in [6, 6.07) is 5.64. The van der Waals surface area contributed by atoms with Crippen LogP contribution in [0.2, 0.25) is 0 Å². The zero-order chi connectivity index (χ0) is 13.1. The van der Waals surface area contributed by atoms with Crippen LogP contribution in [0.5, 0.6) is 11.5 Å². The van der Waals surface area contributed by atoms with Crippen molar-refractivity contribution < 1.29 is 9.47 Å². The predicted octanol–water partition coefficient (Wildman–Crippen LogP) is 2.92. The normalized spacial score (nSPS) is 10.6. The second kappa shape index (κ2) is 5.12. The Morgan fingerprint density at radius 1 is 1.06 bits per heavy atom. The predicted molar refractivity (Wildman–Crippen MR) is 73.2 cm³/mol. The van der Waals surface area contributed by atoms with Crippen molar-refractivity contribution in [3.8, 4) is 11.5 Å². The molecule has 4 heteroatoms. The Bertz CT molecular complexity index is 567. The van der Waals surface area contributed by atoms with Gasteiger partial charge in [-0.3, -0.25) is 4.98 Å². The van der Waals surface area contributed by atoms with Gasteiger partial charge in [0.15, 0.2) is 11.5 Å². The van der Waals surface area contributed by atoms with Crippen molar-refractivity contribution in [3.63, 3.8) is 0 Å². The number of nitrogen functional groups attached to an aromatic ring is 1. The van der Waals surface area contributed by atoms with E-state index >= 15 is 0 Å². The van der Waals surface area contributed by atoms with Crippen LogP contribution < -0.4 is 15.2 Å². The number of aromatic nitrogens is 1. The third kappa shape index (κ3) is 2.32. The van der Waals surface area contributed by atoms with Gasteiger partial charge in [-0.2, -0.15) is 0 Å². The van der Waals surface area contributed by atoms with E-state index in [4.69, 9.17) is 15.2 Å². The van der Waals surface area contributed by atoms with E-state index in [0.29, 0.717) is 30.4 Å². The van der Waals surface area contributed by atoms with Crippen molar-refractivity contribution in [2.75, 3.05) is 18.9 Å². The van der Waals surface area contributed by atoms with Crippen LogP contribution in [0.4, 0.5) is 5.69 Å². The molecule has 0 spiro atoms. The van der Waals surface area contributed by atoms with Crippen LogP contribution in [0, 0.1) is 6.92 Å². The summed E-state index contributed by atoms with van der Waals surface area (Å²) in [5.74, 6) is 1.42. The van der Waals surface area contributed by atoms with Gasteiger partial charge in [-0.15, -0.1) is 0 Å². The van der Waals surface area contributed by atoms with E-state index in [1.165, 1.54) is 0 Å². The van der Waals surface area contributed by atoms with Crippen molar-refractivity contribution in [2.45, 2.75) is 20.8 Å². The van der Waals surface area contributed by atoms with Gasteiger partial charge in [0, 0.05) is 22.8 Å². The van der Waals surface area contributed by atoms with E-state index in [0.717, 1.165) is 16.6 Å². The highest BCUT2D eigenvalue weighted by atomic mass is 16.5. The number of nitrogens with zero attached hydrogens (tertiary/aromatic N) is 1. The van der Waals surface area contributed by atoms with Crippen molar-refractivity contribution in [2.24, 2.45) is 0 Å². The number of anilines is 1. The van der Waals surface area contributed by atoms with E-state index in [-0.39, 0.29) is 0 Å². The lowest BCUT2D eigenvalue weighted by Crippen LogP contribution is -2.00. The number of pyridine rings is 1. The number of hydrogen-bond donors (Lipinski definition) is 1. The standard InChI is InChI=1S/C14H18N2O2/c1-4-17-13-7-10-11(15)6-9(3)16-12(10)8-14(13)18-5-2/h6-8H,4-5H2,1-3H3,(H2,15,16). The summed E-state index contributed by atoms with van der Waals surface area (Å²) in [6.45, 7) is 6.99. The number of hydrogen-bond acceptors (Lipinski definition) is 4. The average Bonchev–Trinajstić information content (AvgIpc) is 2.31. The number of fused-ring (bicyclic) bond motifs is 1. The lowest BCUT2D eigenvalue weighted by molar-refractivity contribution is 0.288. The molecule has 0 aliphatic heterocycles. The first kappa shape index (κ1) is 12.5. The molecule has 0 bridgehead atoms. The van der Waals surface area contributed by atoms with Crippen molar-refractivity contribution in [1.29, 1.82) is 0 Å². The molecule has 1 heterocycles. The number of benzene rings is 1. The Hall–Kier alpha value is -1.97. The lowest BCUT2D eigenvalue weighted by Gasteiger charge is -2.13. The Labute approximate surface area is 107 Å². The van der Waals surface area contributed by atoms with Gasteiger partial charge in [-0.25, -0.2) is 0 Å². The number of ether oxygens (including phenoxy) is 2. The second-order valence-electron chi connectivity index (χ2n) is 4.03. The molecule has 0 amide bonds. The molecule has 0 unspecified atom stereocenters. The summed E-state index contributed by atoms with van der Waals surface area (Å²) in [6.07, 6.45) is 0. The minimum Gasteiger partial charge on any atom is -0.490 e. The molecular formula is C14H18N2O2. The monoisotopic (exact) mass is 246 g/mol. The molecule has 2 rings (SSSR count). The van der Waals surface area contributed by atoms with Crippen molar-refractivity contribution in [3.05, 3.63) is 23.9 Å².